The van der Waals surface area contributed by atoms with Gasteiger partial charge in [0.2, 0.25) is 0 Å². The quantitative estimate of drug-likeness (QED) is 0.197. The first-order valence-corrected chi connectivity index (χ1v) is 10.2. The van der Waals surface area contributed by atoms with Gasteiger partial charge in [-0.25, -0.2) is 5.43 Å². The molecule has 0 radical (unpaired) electrons. The molecule has 3 rings (SSSR count). The molecule has 0 aliphatic carbocycles. The van der Waals surface area contributed by atoms with Crippen LogP contribution in [-0.2, 0) is 4.52 Å². The zero-order valence-electron chi connectivity index (χ0n) is 15.9. The van der Waals surface area contributed by atoms with E-state index in [1.165, 1.54) is 12.1 Å². The van der Waals surface area contributed by atoms with Crippen molar-refractivity contribution in [1.29, 1.82) is 0 Å². The summed E-state index contributed by atoms with van der Waals surface area (Å²) < 4.78 is 32.8. The number of nitrogens with zero attached hydrogens (tertiary/aromatic N) is 2. The van der Waals surface area contributed by atoms with E-state index in [2.05, 4.69) is 5.10 Å². The predicted molar refractivity (Wildman–Crippen MR) is 114 cm³/mol. The lowest BCUT2D eigenvalue weighted by molar-refractivity contribution is -0.384. The van der Waals surface area contributed by atoms with E-state index < -0.39 is 31.3 Å². The Balaban J connectivity index is 1.81. The third-order valence-electron chi connectivity index (χ3n) is 3.96. The zero-order chi connectivity index (χ0) is 22.2. The standard InChI is InChI=1S/C21H16F2N3O4P/c22-19(23)21(25-24-20(27)15-11-13-16(14-12-15)26(28)29)30-31(17-7-3-1-4-8-17)18-9-5-2-6-10-18/h1-14,19H,(H,24,27). The van der Waals surface area contributed by atoms with Gasteiger partial charge in [0.1, 0.15) is 0 Å². The van der Waals surface area contributed by atoms with Crippen molar-refractivity contribution in [3.63, 3.8) is 0 Å². The van der Waals surface area contributed by atoms with E-state index in [0.717, 1.165) is 12.1 Å². The summed E-state index contributed by atoms with van der Waals surface area (Å²) in [6.07, 6.45) is -3.07. The smallest absolute Gasteiger partial charge is 0.314 e. The molecule has 0 fully saturated rings. The zero-order valence-corrected chi connectivity index (χ0v) is 16.8. The van der Waals surface area contributed by atoms with Gasteiger partial charge in [0.15, 0.2) is 8.15 Å². The van der Waals surface area contributed by atoms with E-state index in [-0.39, 0.29) is 11.3 Å². The summed E-state index contributed by atoms with van der Waals surface area (Å²) in [5.41, 5.74) is 1.85. The van der Waals surface area contributed by atoms with E-state index in [9.17, 15) is 23.7 Å². The molecule has 0 heterocycles. The highest BCUT2D eigenvalue weighted by atomic mass is 31.1. The molecule has 10 heteroatoms. The van der Waals surface area contributed by atoms with Crippen molar-refractivity contribution >= 4 is 36.2 Å². The number of alkyl halides is 2. The molecule has 0 unspecified atom stereocenters. The largest absolute Gasteiger partial charge is 0.445 e. The highest BCUT2D eigenvalue weighted by Crippen LogP contribution is 2.36. The molecule has 0 aliphatic rings. The molecular formula is C21H16F2N3O4P. The lowest BCUT2D eigenvalue weighted by Crippen LogP contribution is -2.26. The van der Waals surface area contributed by atoms with Crippen LogP contribution in [0.25, 0.3) is 0 Å². The van der Waals surface area contributed by atoms with Crippen LogP contribution < -0.4 is 16.0 Å². The molecule has 31 heavy (non-hydrogen) atoms. The molecule has 0 saturated carbocycles. The van der Waals surface area contributed by atoms with Gasteiger partial charge in [-0.15, -0.1) is 5.10 Å². The van der Waals surface area contributed by atoms with E-state index in [0.29, 0.717) is 10.6 Å². The molecule has 0 aliphatic heterocycles. The monoisotopic (exact) mass is 443 g/mol. The SMILES string of the molecule is O=C(NN=C(OP(c1ccccc1)c1ccccc1)C(F)F)c1ccc([N+](=O)[O-])cc1. The van der Waals surface area contributed by atoms with Gasteiger partial charge in [0.05, 0.1) is 4.92 Å². The maximum absolute atomic E-state index is 13.6. The lowest BCUT2D eigenvalue weighted by atomic mass is 10.2. The van der Waals surface area contributed by atoms with E-state index in [1.54, 1.807) is 60.7 Å². The van der Waals surface area contributed by atoms with Crippen LogP contribution in [-0.4, -0.2) is 23.2 Å². The number of nitro groups is 1. The number of nitrogens with one attached hydrogen (secondary N) is 1. The van der Waals surface area contributed by atoms with Gasteiger partial charge in [-0.1, -0.05) is 60.7 Å². The number of halogens is 2. The van der Waals surface area contributed by atoms with Gasteiger partial charge in [-0.05, 0) is 12.1 Å². The number of nitro benzene ring substituents is 1. The average molecular weight is 443 g/mol. The van der Waals surface area contributed by atoms with Gasteiger partial charge >= 0.3 is 6.43 Å². The van der Waals surface area contributed by atoms with Crippen molar-refractivity contribution in [1.82, 2.24) is 5.43 Å². The number of carbonyl (C=O) groups is 1. The molecule has 0 bridgehead atoms. The van der Waals surface area contributed by atoms with Crippen molar-refractivity contribution in [3.05, 3.63) is 101 Å². The molecule has 0 atom stereocenters. The van der Waals surface area contributed by atoms with E-state index >= 15 is 0 Å². The van der Waals surface area contributed by atoms with Crippen LogP contribution >= 0.6 is 8.15 Å². The Morgan fingerprint density at radius 2 is 1.45 bits per heavy atom. The average Bonchev–Trinajstić information content (AvgIpc) is 2.80. The molecule has 3 aromatic carbocycles. The Labute approximate surface area is 177 Å². The summed E-state index contributed by atoms with van der Waals surface area (Å²) in [5, 5.41) is 15.6. The van der Waals surface area contributed by atoms with Crippen LogP contribution in [0, 0.1) is 10.1 Å². The molecule has 0 spiro atoms. The van der Waals surface area contributed by atoms with Gasteiger partial charge in [0.25, 0.3) is 17.5 Å². The van der Waals surface area contributed by atoms with Crippen molar-refractivity contribution in [2.75, 3.05) is 0 Å². The number of amides is 1. The highest BCUT2D eigenvalue weighted by molar-refractivity contribution is 7.69. The van der Waals surface area contributed by atoms with Gasteiger partial charge in [-0.2, -0.15) is 8.78 Å². The highest BCUT2D eigenvalue weighted by Gasteiger charge is 2.24. The van der Waals surface area contributed by atoms with Crippen molar-refractivity contribution < 1.29 is 23.0 Å². The van der Waals surface area contributed by atoms with Gasteiger partial charge < -0.3 is 4.52 Å². The summed E-state index contributed by atoms with van der Waals surface area (Å²) in [5.74, 6) is -1.74. The van der Waals surface area contributed by atoms with E-state index in [4.69, 9.17) is 4.52 Å². The van der Waals surface area contributed by atoms with Crippen LogP contribution in [0.4, 0.5) is 14.5 Å². The second-order valence-electron chi connectivity index (χ2n) is 6.05. The van der Waals surface area contributed by atoms with Crippen LogP contribution in [0.2, 0.25) is 0 Å². The lowest BCUT2D eigenvalue weighted by Gasteiger charge is -2.20. The number of hydrazone groups is 1. The minimum Gasteiger partial charge on any atom is -0.445 e. The molecule has 0 aromatic heterocycles. The summed E-state index contributed by atoms with van der Waals surface area (Å²) in [7, 11) is -1.66. The van der Waals surface area contributed by atoms with Crippen LogP contribution in [0.1, 0.15) is 10.4 Å². The Hall–Kier alpha value is -3.71. The number of hydrogen-bond acceptors (Lipinski definition) is 5. The minimum atomic E-state index is -3.07. The summed E-state index contributed by atoms with van der Waals surface area (Å²) in [6, 6.07) is 22.4. The van der Waals surface area contributed by atoms with Crippen LogP contribution in [0.5, 0.6) is 0 Å². The molecule has 0 saturated heterocycles. The maximum Gasteiger partial charge on any atom is 0.314 e. The molecule has 1 N–H and O–H groups in total. The maximum atomic E-state index is 13.6. The molecule has 7 nitrogen and oxygen atoms in total. The van der Waals surface area contributed by atoms with Gasteiger partial charge in [0, 0.05) is 28.3 Å². The topological polar surface area (TPSA) is 93.8 Å². The van der Waals surface area contributed by atoms with Gasteiger partial charge in [-0.3, -0.25) is 14.9 Å². The van der Waals surface area contributed by atoms with Crippen molar-refractivity contribution in [2.45, 2.75) is 6.43 Å². The minimum absolute atomic E-state index is 0.0244. The molecular weight excluding hydrogens is 427 g/mol. The van der Waals surface area contributed by atoms with E-state index in [1.807, 2.05) is 5.43 Å². The Morgan fingerprint density at radius 3 is 1.90 bits per heavy atom. The van der Waals surface area contributed by atoms with Crippen LogP contribution in [0.15, 0.2) is 90.0 Å². The number of rotatable bonds is 7. The molecule has 158 valence electrons. The normalized spacial score (nSPS) is 11.4. The Kier molecular flexibility index (Phi) is 7.35. The summed E-state index contributed by atoms with van der Waals surface area (Å²) in [4.78, 5) is 22.3. The molecule has 1 amide bonds. The number of hydrogen-bond donors (Lipinski definition) is 1. The first-order chi connectivity index (χ1) is 15.0. The number of carbonyl (C=O) groups excluding carboxylic acids is 1. The third-order valence-corrected chi connectivity index (χ3v) is 5.86. The Bertz CT molecular complexity index is 1030. The fourth-order valence-corrected chi connectivity index (χ4v) is 4.19. The Morgan fingerprint density at radius 1 is 0.935 bits per heavy atom. The van der Waals surface area contributed by atoms with Crippen LogP contribution in [0.3, 0.4) is 0 Å². The van der Waals surface area contributed by atoms with Crippen molar-refractivity contribution in [2.24, 2.45) is 5.10 Å². The fourth-order valence-electron chi connectivity index (χ4n) is 2.49. The summed E-state index contributed by atoms with van der Waals surface area (Å²) in [6.45, 7) is 0. The number of benzene rings is 3. The third kappa shape index (κ3) is 5.90. The second kappa shape index (κ2) is 10.4. The second-order valence-corrected chi connectivity index (χ2v) is 7.86. The van der Waals surface area contributed by atoms with Crippen molar-refractivity contribution in [3.8, 4) is 0 Å². The predicted octanol–water partition coefficient (Wildman–Crippen LogP) is 3.97. The number of non-ortho nitro benzene ring substituents is 1. The summed E-state index contributed by atoms with van der Waals surface area (Å²) >= 11 is 0. The molecule has 3 aromatic rings. The first kappa shape index (κ1) is 22.0. The first-order valence-electron chi connectivity index (χ1n) is 8.94. The fraction of sp³-hybridized carbons (Fsp3) is 0.0476.